The summed E-state index contributed by atoms with van der Waals surface area (Å²) in [4.78, 5) is 4.28. The van der Waals surface area contributed by atoms with Gasteiger partial charge in [0.1, 0.15) is 10.8 Å². The predicted molar refractivity (Wildman–Crippen MR) is 82.7 cm³/mol. The Hall–Kier alpha value is -0.670. The maximum Gasteiger partial charge on any atom is 0.234 e. The summed E-state index contributed by atoms with van der Waals surface area (Å²) in [7, 11) is 1.76. The summed E-state index contributed by atoms with van der Waals surface area (Å²) >= 11 is 12.1. The molecule has 1 heterocycles. The van der Waals surface area contributed by atoms with Gasteiger partial charge < -0.3 is 10.1 Å². The number of pyridine rings is 1. The number of aromatic nitrogens is 1. The molecule has 1 unspecified atom stereocenters. The highest BCUT2D eigenvalue weighted by Crippen LogP contribution is 2.31. The SMILES string of the molecule is CCCCCCC(C)Oc1nc(NC)c(Cl)cc1Cl. The predicted octanol–water partition coefficient (Wildman–Crippen LogP) is 5.17. The summed E-state index contributed by atoms with van der Waals surface area (Å²) in [6.07, 6.45) is 6.04. The summed E-state index contributed by atoms with van der Waals surface area (Å²) < 4.78 is 5.78. The quantitative estimate of drug-likeness (QED) is 0.673. The van der Waals surface area contributed by atoms with E-state index < -0.39 is 0 Å². The van der Waals surface area contributed by atoms with Crippen molar-refractivity contribution < 1.29 is 4.74 Å². The highest BCUT2D eigenvalue weighted by atomic mass is 35.5. The van der Waals surface area contributed by atoms with Gasteiger partial charge in [-0.15, -0.1) is 0 Å². The van der Waals surface area contributed by atoms with Gasteiger partial charge in [0.15, 0.2) is 0 Å². The van der Waals surface area contributed by atoms with E-state index in [1.807, 2.05) is 6.92 Å². The Kier molecular flexibility index (Phi) is 7.32. The number of rotatable bonds is 8. The Labute approximate surface area is 125 Å². The molecule has 0 bridgehead atoms. The van der Waals surface area contributed by atoms with E-state index in [1.54, 1.807) is 13.1 Å². The number of nitrogens with one attached hydrogen (secondary N) is 1. The standard InChI is InChI=1S/C14H22Cl2N2O/c1-4-5-6-7-8-10(2)19-14-12(16)9-11(15)13(17-3)18-14/h9-10H,4-8H2,1-3H3,(H,17,18). The van der Waals surface area contributed by atoms with Crippen LogP contribution < -0.4 is 10.1 Å². The molecule has 1 N–H and O–H groups in total. The van der Waals surface area contributed by atoms with Crippen molar-refractivity contribution in [3.8, 4) is 5.88 Å². The molecular weight excluding hydrogens is 283 g/mol. The van der Waals surface area contributed by atoms with Crippen LogP contribution in [0.3, 0.4) is 0 Å². The fraction of sp³-hybridized carbons (Fsp3) is 0.643. The van der Waals surface area contributed by atoms with Gasteiger partial charge in [0.05, 0.1) is 11.1 Å². The average Bonchev–Trinajstić information content (AvgIpc) is 2.38. The van der Waals surface area contributed by atoms with Crippen molar-refractivity contribution in [3.05, 3.63) is 16.1 Å². The number of ether oxygens (including phenoxy) is 1. The maximum absolute atomic E-state index is 6.09. The molecule has 1 atom stereocenters. The highest BCUT2D eigenvalue weighted by molar-refractivity contribution is 6.36. The summed E-state index contributed by atoms with van der Waals surface area (Å²) in [5.74, 6) is 1.03. The minimum Gasteiger partial charge on any atom is -0.474 e. The van der Waals surface area contributed by atoms with Crippen LogP contribution in [-0.4, -0.2) is 18.1 Å². The Bertz CT molecular complexity index is 399. The molecule has 0 aliphatic rings. The zero-order chi connectivity index (χ0) is 14.3. The smallest absolute Gasteiger partial charge is 0.234 e. The molecule has 3 nitrogen and oxygen atoms in total. The number of hydrogen-bond donors (Lipinski definition) is 1. The second-order valence-corrected chi connectivity index (χ2v) is 5.45. The molecule has 0 fully saturated rings. The molecule has 0 aromatic carbocycles. The number of unbranched alkanes of at least 4 members (excludes halogenated alkanes) is 3. The lowest BCUT2D eigenvalue weighted by molar-refractivity contribution is 0.198. The van der Waals surface area contributed by atoms with Crippen LogP contribution in [0.1, 0.15) is 46.0 Å². The zero-order valence-corrected chi connectivity index (χ0v) is 13.3. The van der Waals surface area contributed by atoms with Crippen LogP contribution in [-0.2, 0) is 0 Å². The zero-order valence-electron chi connectivity index (χ0n) is 11.8. The first-order valence-electron chi connectivity index (χ1n) is 6.79. The fourth-order valence-electron chi connectivity index (χ4n) is 1.82. The lowest BCUT2D eigenvalue weighted by Gasteiger charge is -2.16. The van der Waals surface area contributed by atoms with E-state index in [0.717, 1.165) is 6.42 Å². The number of hydrogen-bond acceptors (Lipinski definition) is 3. The molecule has 0 amide bonds. The van der Waals surface area contributed by atoms with Crippen molar-refractivity contribution in [1.29, 1.82) is 0 Å². The Morgan fingerprint density at radius 1 is 1.26 bits per heavy atom. The van der Waals surface area contributed by atoms with Crippen molar-refractivity contribution >= 4 is 29.0 Å². The van der Waals surface area contributed by atoms with E-state index in [0.29, 0.717) is 21.7 Å². The van der Waals surface area contributed by atoms with Crippen LogP contribution in [0.25, 0.3) is 0 Å². The lowest BCUT2D eigenvalue weighted by Crippen LogP contribution is -2.13. The summed E-state index contributed by atoms with van der Waals surface area (Å²) in [5, 5.41) is 3.86. The van der Waals surface area contributed by atoms with Crippen molar-refractivity contribution in [2.45, 2.75) is 52.1 Å². The molecule has 0 saturated carbocycles. The molecule has 0 spiro atoms. The van der Waals surface area contributed by atoms with Gasteiger partial charge in [-0.2, -0.15) is 4.98 Å². The van der Waals surface area contributed by atoms with Crippen LogP contribution in [0.2, 0.25) is 10.0 Å². The Balaban J connectivity index is 2.56. The second-order valence-electron chi connectivity index (χ2n) is 4.63. The largest absolute Gasteiger partial charge is 0.474 e. The fourth-order valence-corrected chi connectivity index (χ4v) is 2.31. The van der Waals surface area contributed by atoms with Gasteiger partial charge in [-0.25, -0.2) is 0 Å². The van der Waals surface area contributed by atoms with Crippen LogP contribution in [0.5, 0.6) is 5.88 Å². The first-order chi connectivity index (χ1) is 9.08. The third-order valence-corrected chi connectivity index (χ3v) is 3.47. The first-order valence-corrected chi connectivity index (χ1v) is 7.54. The molecular formula is C14H22Cl2N2O. The van der Waals surface area contributed by atoms with E-state index in [9.17, 15) is 0 Å². The summed E-state index contributed by atoms with van der Waals surface area (Å²) in [6, 6.07) is 1.65. The first kappa shape index (κ1) is 16.4. The molecule has 0 aliphatic heterocycles. The van der Waals surface area contributed by atoms with Crippen molar-refractivity contribution in [2.75, 3.05) is 12.4 Å². The normalized spacial score (nSPS) is 12.3. The summed E-state index contributed by atoms with van der Waals surface area (Å²) in [6.45, 7) is 4.24. The van der Waals surface area contributed by atoms with Gasteiger partial charge in [0.25, 0.3) is 0 Å². The van der Waals surface area contributed by atoms with E-state index in [-0.39, 0.29) is 6.10 Å². The maximum atomic E-state index is 6.09. The molecule has 0 aliphatic carbocycles. The van der Waals surface area contributed by atoms with Gasteiger partial charge in [-0.3, -0.25) is 0 Å². The third-order valence-electron chi connectivity index (χ3n) is 2.91. The summed E-state index contributed by atoms with van der Waals surface area (Å²) in [5.41, 5.74) is 0. The van der Waals surface area contributed by atoms with Crippen molar-refractivity contribution in [2.24, 2.45) is 0 Å². The van der Waals surface area contributed by atoms with Crippen LogP contribution >= 0.6 is 23.2 Å². The molecule has 1 aromatic rings. The number of anilines is 1. The van der Waals surface area contributed by atoms with Gasteiger partial charge >= 0.3 is 0 Å². The number of nitrogens with zero attached hydrogens (tertiary/aromatic N) is 1. The molecule has 108 valence electrons. The van der Waals surface area contributed by atoms with Crippen molar-refractivity contribution in [1.82, 2.24) is 4.98 Å². The average molecular weight is 305 g/mol. The third kappa shape index (κ3) is 5.45. The van der Waals surface area contributed by atoms with Crippen molar-refractivity contribution in [3.63, 3.8) is 0 Å². The Morgan fingerprint density at radius 2 is 2.00 bits per heavy atom. The highest BCUT2D eigenvalue weighted by Gasteiger charge is 2.12. The topological polar surface area (TPSA) is 34.1 Å². The molecule has 1 rings (SSSR count). The van der Waals surface area contributed by atoms with Crippen LogP contribution in [0, 0.1) is 0 Å². The molecule has 1 aromatic heterocycles. The van der Waals surface area contributed by atoms with E-state index >= 15 is 0 Å². The molecule has 19 heavy (non-hydrogen) atoms. The number of halogens is 2. The van der Waals surface area contributed by atoms with Gasteiger partial charge in [-0.05, 0) is 25.8 Å². The van der Waals surface area contributed by atoms with E-state index in [2.05, 4.69) is 17.2 Å². The molecule has 0 radical (unpaired) electrons. The van der Waals surface area contributed by atoms with Crippen LogP contribution in [0.4, 0.5) is 5.82 Å². The lowest BCUT2D eigenvalue weighted by atomic mass is 10.1. The van der Waals surface area contributed by atoms with E-state index in [4.69, 9.17) is 27.9 Å². The van der Waals surface area contributed by atoms with Gasteiger partial charge in [0.2, 0.25) is 5.88 Å². The monoisotopic (exact) mass is 304 g/mol. The van der Waals surface area contributed by atoms with Gasteiger partial charge in [0, 0.05) is 7.05 Å². The van der Waals surface area contributed by atoms with Gasteiger partial charge in [-0.1, -0.05) is 49.4 Å². The minimum atomic E-state index is 0.104. The Morgan fingerprint density at radius 3 is 2.63 bits per heavy atom. The second kappa shape index (κ2) is 8.49. The van der Waals surface area contributed by atoms with E-state index in [1.165, 1.54) is 25.7 Å². The molecule has 5 heteroatoms. The molecule has 0 saturated heterocycles. The van der Waals surface area contributed by atoms with Crippen LogP contribution in [0.15, 0.2) is 6.07 Å². The minimum absolute atomic E-state index is 0.104.